The van der Waals surface area contributed by atoms with Crippen molar-refractivity contribution >= 4 is 65.7 Å². The summed E-state index contributed by atoms with van der Waals surface area (Å²) in [5.41, 5.74) is 0. The molecule has 0 bridgehead atoms. The van der Waals surface area contributed by atoms with E-state index in [4.69, 9.17) is 61.6 Å². The number of carbonyl (C=O) groups excluding carboxylic acids is 11. The number of ether oxygens (including phenoxy) is 14. The lowest BCUT2D eigenvalue weighted by molar-refractivity contribution is -0.147. The number of urea groups is 6. The molecule has 17 amide bonds. The van der Waals surface area contributed by atoms with Crippen LogP contribution in [0.5, 0.6) is 0 Å². The van der Waals surface area contributed by atoms with Crippen molar-refractivity contribution in [1.29, 1.82) is 0 Å². The number of likely N-dealkylation sites (N-methyl/N-ethyl adjacent to an activating group) is 3. The highest BCUT2D eigenvalue weighted by Gasteiger charge is 2.62. The zero-order valence-electron chi connectivity index (χ0n) is 60.1. The first-order valence-corrected chi connectivity index (χ1v) is 31.3. The standard InChI is InChI=1S/C12H18N4O6.C12H22N4O4.C11H22N2O4.C9H16N2O5.C8H17NO3.C6H13NO3/c1-7(17)15-10-9(13(5-21-3)11(15)19)14(6-22-4)12(20)16(10)8(2)18;1-5-19-7-15-10-9(13(3)11(15)17)14(4)12(18)16(10)8-20-6-2;1-5-15-8-13-10(17-7-3)9(16-6-2)12(4)11(13)14;1-6(12)11-8(16-4)7(15-3)10(5-14-2)9(11)13;1-3-11-6-5-8(10)9-7-12-4-2;1-9-4-3-6(8)7-5-10-2/h9-10H,5-6H2,1-4H3;9-10H,5-8H2,1-4H3;9-10H,5-8H2,1-4H3;7-8H,5H2,1-4H3;3-7H2,1-2H3,(H,9,10);3-5H2,1-2H3,(H,7,8). The Morgan fingerprint density at radius 1 is 0.340 bits per heavy atom. The zero-order chi connectivity index (χ0) is 73.6. The maximum absolute atomic E-state index is 12.4. The lowest BCUT2D eigenvalue weighted by Gasteiger charge is -2.28. The molecule has 6 aliphatic rings. The molecule has 4 unspecified atom stereocenters. The first-order valence-electron chi connectivity index (χ1n) is 31.3. The van der Waals surface area contributed by atoms with Gasteiger partial charge < -0.3 is 86.7 Å². The van der Waals surface area contributed by atoms with E-state index in [1.807, 2.05) is 48.5 Å². The summed E-state index contributed by atoms with van der Waals surface area (Å²) in [4.78, 5) is 146. The molecular weight excluding hydrogens is 1290 g/mol. The van der Waals surface area contributed by atoms with Crippen molar-refractivity contribution in [3.05, 3.63) is 0 Å². The summed E-state index contributed by atoms with van der Waals surface area (Å²) in [7, 11) is 15.3. The second-order valence-corrected chi connectivity index (χ2v) is 20.7. The van der Waals surface area contributed by atoms with E-state index < -0.39 is 66.8 Å². The van der Waals surface area contributed by atoms with E-state index in [1.54, 1.807) is 57.7 Å². The fourth-order valence-corrected chi connectivity index (χ4v) is 9.98. The summed E-state index contributed by atoms with van der Waals surface area (Å²) in [6.45, 7) is 22.7. The van der Waals surface area contributed by atoms with Crippen molar-refractivity contribution in [2.24, 2.45) is 0 Å². The molecule has 39 nitrogen and oxygen atoms in total. The molecule has 560 valence electrons. The number of amides is 17. The third-order valence-corrected chi connectivity index (χ3v) is 14.4. The number of nitrogens with one attached hydrogen (secondary N) is 2. The first-order chi connectivity index (χ1) is 46.3. The van der Waals surface area contributed by atoms with Gasteiger partial charge in [0.15, 0.2) is 43.4 Å². The molecule has 39 heteroatoms. The van der Waals surface area contributed by atoms with Crippen molar-refractivity contribution in [1.82, 2.24) is 69.4 Å². The Bertz CT molecular complexity index is 2350. The van der Waals surface area contributed by atoms with Crippen LogP contribution in [-0.4, -0.2) is 358 Å². The average Bonchev–Trinajstić information content (AvgIpc) is 1.58. The van der Waals surface area contributed by atoms with Crippen LogP contribution in [0.1, 0.15) is 82.1 Å². The van der Waals surface area contributed by atoms with E-state index in [0.29, 0.717) is 79.0 Å². The van der Waals surface area contributed by atoms with E-state index in [-0.39, 0.29) is 95.6 Å². The largest absolute Gasteiger partial charge is 0.384 e. The maximum atomic E-state index is 12.4. The van der Waals surface area contributed by atoms with Gasteiger partial charge in [-0.1, -0.05) is 0 Å². The summed E-state index contributed by atoms with van der Waals surface area (Å²) in [5.74, 6) is -1.59. The molecule has 0 aliphatic carbocycles. The predicted molar refractivity (Wildman–Crippen MR) is 339 cm³/mol. The van der Waals surface area contributed by atoms with Crippen LogP contribution < -0.4 is 10.6 Å². The lowest BCUT2D eigenvalue weighted by Crippen LogP contribution is -2.50. The fourth-order valence-electron chi connectivity index (χ4n) is 9.98. The van der Waals surface area contributed by atoms with E-state index in [0.717, 1.165) is 14.7 Å². The number of imide groups is 3. The van der Waals surface area contributed by atoms with Gasteiger partial charge in [-0.2, -0.15) is 0 Å². The normalized spacial score (nSPS) is 21.6. The van der Waals surface area contributed by atoms with Gasteiger partial charge in [-0.3, -0.25) is 58.3 Å². The minimum Gasteiger partial charge on any atom is -0.384 e. The second-order valence-electron chi connectivity index (χ2n) is 20.7. The number of methoxy groups -OCH3 is 7. The van der Waals surface area contributed by atoms with Gasteiger partial charge in [-0.25, -0.2) is 43.5 Å². The van der Waals surface area contributed by atoms with E-state index in [1.165, 1.54) is 78.1 Å². The van der Waals surface area contributed by atoms with Crippen LogP contribution in [0, 0.1) is 0 Å². The van der Waals surface area contributed by atoms with Gasteiger partial charge in [0, 0.05) is 138 Å². The molecule has 6 heterocycles. The molecule has 0 aromatic carbocycles. The highest BCUT2D eigenvalue weighted by atomic mass is 16.6. The number of rotatable bonds is 33. The van der Waals surface area contributed by atoms with Gasteiger partial charge in [-0.05, 0) is 48.5 Å². The smallest absolute Gasteiger partial charge is 0.333 e. The number of carbonyl (C=O) groups is 11. The van der Waals surface area contributed by atoms with Crippen molar-refractivity contribution < 1.29 is 119 Å². The van der Waals surface area contributed by atoms with Crippen LogP contribution in [0.15, 0.2) is 0 Å². The summed E-state index contributed by atoms with van der Waals surface area (Å²) in [6, 6.07) is -2.14. The van der Waals surface area contributed by atoms with E-state index >= 15 is 0 Å². The van der Waals surface area contributed by atoms with Gasteiger partial charge >= 0.3 is 36.2 Å². The Hall–Kier alpha value is -6.99. The minimum atomic E-state index is -1.03. The summed E-state index contributed by atoms with van der Waals surface area (Å²) < 4.78 is 71.4. The Morgan fingerprint density at radius 3 is 1.09 bits per heavy atom. The van der Waals surface area contributed by atoms with Crippen molar-refractivity contribution in [3.63, 3.8) is 0 Å². The SMILES string of the molecule is CCOCCC(=O)NCOCC.CCOCN1C(=O)N(C)C(OCC)C1OCC.CCOCN1C(=O)N(C)C2C1N(COCC)C(=O)N2C.COCCC(=O)NCOC.COCN1C(=O)N(C(C)=O)C(OC)C1OC.COCN1C(=O)N(C(C)=O)C2C1N(COC)C(=O)N2C(C)=O. The Balaban J connectivity index is 0.000000593. The molecule has 97 heavy (non-hydrogen) atoms. The quantitative estimate of drug-likeness (QED) is 0.0682. The summed E-state index contributed by atoms with van der Waals surface area (Å²) in [6.07, 6.45) is -3.92. The number of hydrogen-bond acceptors (Lipinski definition) is 25. The van der Waals surface area contributed by atoms with Gasteiger partial charge in [0.2, 0.25) is 29.5 Å². The highest BCUT2D eigenvalue weighted by molar-refractivity contribution is 6.02. The summed E-state index contributed by atoms with van der Waals surface area (Å²) in [5, 5.41) is 5.13. The average molecular weight is 1400 g/mol. The Morgan fingerprint density at radius 2 is 0.701 bits per heavy atom. The number of hydrogen-bond donors (Lipinski definition) is 2. The number of nitrogens with zero attached hydrogens (tertiary/aromatic N) is 12. The molecule has 0 aromatic rings. The third-order valence-electron chi connectivity index (χ3n) is 14.4. The Kier molecular flexibility index (Phi) is 42.7. The van der Waals surface area contributed by atoms with Crippen LogP contribution in [-0.2, 0) is 90.3 Å². The van der Waals surface area contributed by atoms with Crippen molar-refractivity contribution in [2.45, 2.75) is 132 Å². The fraction of sp³-hybridized carbons (Fsp3) is 0.810. The molecule has 2 N–H and O–H groups in total. The second kappa shape index (κ2) is 47.1. The molecular formula is C58H108N14O25. The van der Waals surface area contributed by atoms with Gasteiger partial charge in [0.1, 0.15) is 60.0 Å². The molecule has 0 aromatic heterocycles. The molecule has 6 saturated heterocycles. The van der Waals surface area contributed by atoms with Gasteiger partial charge in [-0.15, -0.1) is 0 Å². The molecule has 6 rings (SSSR count). The molecule has 0 spiro atoms. The van der Waals surface area contributed by atoms with Crippen molar-refractivity contribution in [2.75, 3.05) is 184 Å². The molecule has 0 radical (unpaired) electrons. The van der Waals surface area contributed by atoms with Crippen LogP contribution >= 0.6 is 0 Å². The summed E-state index contributed by atoms with van der Waals surface area (Å²) >= 11 is 0. The topological polar surface area (TPSA) is 380 Å². The van der Waals surface area contributed by atoms with E-state index in [2.05, 4.69) is 15.4 Å². The lowest BCUT2D eigenvalue weighted by atomic mass is 10.3. The van der Waals surface area contributed by atoms with E-state index in [9.17, 15) is 52.7 Å². The maximum Gasteiger partial charge on any atom is 0.333 e. The molecule has 4 atom stereocenters. The molecule has 6 fully saturated rings. The third kappa shape index (κ3) is 24.5. The zero-order valence-corrected chi connectivity index (χ0v) is 60.1. The minimum absolute atomic E-state index is 0.0306. The van der Waals surface area contributed by atoms with Crippen LogP contribution in [0.25, 0.3) is 0 Å². The van der Waals surface area contributed by atoms with Gasteiger partial charge in [0.25, 0.3) is 0 Å². The predicted octanol–water partition coefficient (Wildman–Crippen LogP) is 0.935. The monoisotopic (exact) mass is 1400 g/mol. The van der Waals surface area contributed by atoms with Crippen LogP contribution in [0.2, 0.25) is 0 Å². The molecule has 0 saturated carbocycles. The number of fused-ring (bicyclic) bond motifs is 2. The van der Waals surface area contributed by atoms with Crippen LogP contribution in [0.3, 0.4) is 0 Å². The highest BCUT2D eigenvalue weighted by Crippen LogP contribution is 2.36. The Labute approximate surface area is 568 Å². The van der Waals surface area contributed by atoms with Gasteiger partial charge in [0.05, 0.1) is 26.1 Å². The van der Waals surface area contributed by atoms with Crippen molar-refractivity contribution in [3.8, 4) is 0 Å². The first kappa shape index (κ1) is 88.0. The van der Waals surface area contributed by atoms with Crippen LogP contribution in [0.4, 0.5) is 28.8 Å². The molecule has 6 aliphatic heterocycles.